The SMILES string of the molecule is N#CC(C(=O)CCCc1ccccc1)c1cccc(F)c1. The molecule has 0 spiro atoms. The molecule has 0 bridgehead atoms. The summed E-state index contributed by atoms with van der Waals surface area (Å²) in [5.41, 5.74) is 1.60. The number of halogens is 1. The molecule has 0 saturated heterocycles. The van der Waals surface area contributed by atoms with Crippen LogP contribution in [0.25, 0.3) is 0 Å². The number of Topliss-reactive ketones (excluding diaryl/α,β-unsaturated/α-hetero) is 1. The Bertz CT molecular complexity index is 646. The minimum atomic E-state index is -0.878. The van der Waals surface area contributed by atoms with Gasteiger partial charge in [-0.05, 0) is 36.1 Å². The first-order chi connectivity index (χ1) is 10.2. The summed E-state index contributed by atoms with van der Waals surface area (Å²) in [5, 5.41) is 9.16. The number of aryl methyl sites for hydroxylation is 1. The van der Waals surface area contributed by atoms with Gasteiger partial charge in [0.25, 0.3) is 0 Å². The normalized spacial score (nSPS) is 11.6. The molecule has 1 atom stereocenters. The maximum Gasteiger partial charge on any atom is 0.154 e. The third-order valence-electron chi connectivity index (χ3n) is 3.36. The quantitative estimate of drug-likeness (QED) is 0.802. The molecule has 2 aromatic rings. The number of nitriles is 1. The van der Waals surface area contributed by atoms with Crippen LogP contribution < -0.4 is 0 Å². The number of ketones is 1. The summed E-state index contributed by atoms with van der Waals surface area (Å²) in [6.07, 6.45) is 1.81. The Morgan fingerprint density at radius 2 is 1.90 bits per heavy atom. The Balaban J connectivity index is 1.94. The topological polar surface area (TPSA) is 40.9 Å². The highest BCUT2D eigenvalue weighted by atomic mass is 19.1. The first-order valence-electron chi connectivity index (χ1n) is 6.92. The van der Waals surface area contributed by atoms with Crippen molar-refractivity contribution >= 4 is 5.78 Å². The molecule has 0 aliphatic heterocycles. The van der Waals surface area contributed by atoms with Crippen molar-refractivity contribution < 1.29 is 9.18 Å². The van der Waals surface area contributed by atoms with Gasteiger partial charge >= 0.3 is 0 Å². The maximum absolute atomic E-state index is 13.2. The molecule has 0 radical (unpaired) electrons. The number of nitrogens with zero attached hydrogens (tertiary/aromatic N) is 1. The molecule has 21 heavy (non-hydrogen) atoms. The van der Waals surface area contributed by atoms with Crippen molar-refractivity contribution in [2.45, 2.75) is 25.2 Å². The van der Waals surface area contributed by atoms with Crippen molar-refractivity contribution in [3.63, 3.8) is 0 Å². The van der Waals surface area contributed by atoms with Gasteiger partial charge in [-0.15, -0.1) is 0 Å². The van der Waals surface area contributed by atoms with E-state index in [1.807, 2.05) is 36.4 Å². The molecule has 3 heteroatoms. The fourth-order valence-corrected chi connectivity index (χ4v) is 2.27. The molecule has 0 aliphatic rings. The van der Waals surface area contributed by atoms with Gasteiger partial charge in [0.1, 0.15) is 11.7 Å². The second kappa shape index (κ2) is 7.35. The van der Waals surface area contributed by atoms with Crippen molar-refractivity contribution in [3.8, 4) is 6.07 Å². The van der Waals surface area contributed by atoms with Crippen LogP contribution in [0.3, 0.4) is 0 Å². The summed E-state index contributed by atoms with van der Waals surface area (Å²) >= 11 is 0. The molecule has 0 aromatic heterocycles. The minimum absolute atomic E-state index is 0.154. The Morgan fingerprint density at radius 1 is 1.14 bits per heavy atom. The molecule has 0 heterocycles. The fourth-order valence-electron chi connectivity index (χ4n) is 2.27. The standard InChI is InChI=1S/C18H16FNO/c19-16-10-5-9-15(12-16)17(13-20)18(21)11-4-8-14-6-2-1-3-7-14/h1-3,5-7,9-10,12,17H,4,8,11H2. The fraction of sp³-hybridized carbons (Fsp3) is 0.222. The zero-order valence-corrected chi connectivity index (χ0v) is 11.6. The van der Waals surface area contributed by atoms with Crippen LogP contribution in [0.1, 0.15) is 29.9 Å². The molecule has 0 N–H and O–H groups in total. The van der Waals surface area contributed by atoms with E-state index in [2.05, 4.69) is 0 Å². The predicted octanol–water partition coefficient (Wildman–Crippen LogP) is 4.02. The van der Waals surface area contributed by atoms with E-state index in [-0.39, 0.29) is 5.78 Å². The van der Waals surface area contributed by atoms with Gasteiger partial charge in [0.15, 0.2) is 5.78 Å². The Labute approximate surface area is 123 Å². The van der Waals surface area contributed by atoms with Gasteiger partial charge in [-0.25, -0.2) is 4.39 Å². The predicted molar refractivity (Wildman–Crippen MR) is 79.1 cm³/mol. The molecule has 0 amide bonds. The van der Waals surface area contributed by atoms with Crippen LogP contribution in [-0.4, -0.2) is 5.78 Å². The van der Waals surface area contributed by atoms with E-state index < -0.39 is 11.7 Å². The molecule has 1 unspecified atom stereocenters. The van der Waals surface area contributed by atoms with Crippen LogP contribution in [0.2, 0.25) is 0 Å². The average molecular weight is 281 g/mol. The highest BCUT2D eigenvalue weighted by molar-refractivity contribution is 5.88. The van der Waals surface area contributed by atoms with Gasteiger partial charge < -0.3 is 0 Å². The van der Waals surface area contributed by atoms with E-state index in [4.69, 9.17) is 5.26 Å². The van der Waals surface area contributed by atoms with Crippen LogP contribution in [0, 0.1) is 17.1 Å². The first kappa shape index (κ1) is 14.9. The van der Waals surface area contributed by atoms with Gasteiger partial charge in [0.05, 0.1) is 6.07 Å². The third kappa shape index (κ3) is 4.25. The maximum atomic E-state index is 13.2. The van der Waals surface area contributed by atoms with E-state index in [0.717, 1.165) is 6.42 Å². The summed E-state index contributed by atoms with van der Waals surface area (Å²) < 4.78 is 13.2. The lowest BCUT2D eigenvalue weighted by Crippen LogP contribution is -2.11. The van der Waals surface area contributed by atoms with E-state index in [1.165, 1.54) is 23.8 Å². The van der Waals surface area contributed by atoms with Gasteiger partial charge in [-0.3, -0.25) is 4.79 Å². The van der Waals surface area contributed by atoms with Crippen LogP contribution in [0.4, 0.5) is 4.39 Å². The summed E-state index contributed by atoms with van der Waals surface area (Å²) in [5.74, 6) is -1.46. The highest BCUT2D eigenvalue weighted by Gasteiger charge is 2.19. The second-order valence-electron chi connectivity index (χ2n) is 4.92. The number of carbonyl (C=O) groups is 1. The molecule has 2 rings (SSSR count). The molecule has 0 saturated carbocycles. The molecular weight excluding hydrogens is 265 g/mol. The Hall–Kier alpha value is -2.47. The van der Waals surface area contributed by atoms with Gasteiger partial charge in [-0.2, -0.15) is 5.26 Å². The van der Waals surface area contributed by atoms with E-state index in [0.29, 0.717) is 18.4 Å². The van der Waals surface area contributed by atoms with Crippen molar-refractivity contribution in [3.05, 3.63) is 71.5 Å². The van der Waals surface area contributed by atoms with Crippen molar-refractivity contribution in [1.82, 2.24) is 0 Å². The Morgan fingerprint density at radius 3 is 2.57 bits per heavy atom. The zero-order chi connectivity index (χ0) is 15.1. The van der Waals surface area contributed by atoms with E-state index >= 15 is 0 Å². The van der Waals surface area contributed by atoms with Crippen molar-refractivity contribution in [1.29, 1.82) is 5.26 Å². The van der Waals surface area contributed by atoms with Gasteiger partial charge in [0.2, 0.25) is 0 Å². The van der Waals surface area contributed by atoms with Gasteiger partial charge in [0, 0.05) is 6.42 Å². The average Bonchev–Trinajstić information content (AvgIpc) is 2.49. The minimum Gasteiger partial charge on any atom is -0.298 e. The lowest BCUT2D eigenvalue weighted by atomic mass is 9.92. The Kier molecular flexibility index (Phi) is 5.22. The molecule has 2 nitrogen and oxygen atoms in total. The number of hydrogen-bond donors (Lipinski definition) is 0. The van der Waals surface area contributed by atoms with E-state index in [9.17, 15) is 9.18 Å². The van der Waals surface area contributed by atoms with Crippen molar-refractivity contribution in [2.24, 2.45) is 0 Å². The van der Waals surface area contributed by atoms with Gasteiger partial charge in [-0.1, -0.05) is 42.5 Å². The summed E-state index contributed by atoms with van der Waals surface area (Å²) in [6, 6.07) is 17.6. The third-order valence-corrected chi connectivity index (χ3v) is 3.36. The summed E-state index contributed by atoms with van der Waals surface area (Å²) in [7, 11) is 0. The molecule has 2 aromatic carbocycles. The lowest BCUT2D eigenvalue weighted by Gasteiger charge is -2.08. The molecule has 0 fully saturated rings. The largest absolute Gasteiger partial charge is 0.298 e. The molecule has 106 valence electrons. The number of rotatable bonds is 6. The second-order valence-corrected chi connectivity index (χ2v) is 4.92. The summed E-state index contributed by atoms with van der Waals surface area (Å²) in [6.45, 7) is 0. The smallest absolute Gasteiger partial charge is 0.154 e. The number of benzene rings is 2. The molecule has 0 aliphatic carbocycles. The highest BCUT2D eigenvalue weighted by Crippen LogP contribution is 2.20. The summed E-state index contributed by atoms with van der Waals surface area (Å²) in [4.78, 5) is 12.1. The van der Waals surface area contributed by atoms with Crippen LogP contribution >= 0.6 is 0 Å². The lowest BCUT2D eigenvalue weighted by molar-refractivity contribution is -0.119. The molecular formula is C18H16FNO. The monoisotopic (exact) mass is 281 g/mol. The number of carbonyl (C=O) groups excluding carboxylic acids is 1. The van der Waals surface area contributed by atoms with Crippen LogP contribution in [0.15, 0.2) is 54.6 Å². The van der Waals surface area contributed by atoms with Crippen LogP contribution in [-0.2, 0) is 11.2 Å². The van der Waals surface area contributed by atoms with Crippen molar-refractivity contribution in [2.75, 3.05) is 0 Å². The van der Waals surface area contributed by atoms with E-state index in [1.54, 1.807) is 6.07 Å². The van der Waals surface area contributed by atoms with Crippen LogP contribution in [0.5, 0.6) is 0 Å². The zero-order valence-electron chi connectivity index (χ0n) is 11.6. The number of hydrogen-bond acceptors (Lipinski definition) is 2. The first-order valence-corrected chi connectivity index (χ1v) is 6.92.